The van der Waals surface area contributed by atoms with Crippen molar-refractivity contribution in [2.45, 2.75) is 13.0 Å². The molecule has 3 heteroatoms. The second kappa shape index (κ2) is 6.75. The van der Waals surface area contributed by atoms with Crippen molar-refractivity contribution in [3.05, 3.63) is 5.73 Å². The van der Waals surface area contributed by atoms with Crippen LogP contribution >= 0.6 is 12.6 Å². The van der Waals surface area contributed by atoms with Crippen molar-refractivity contribution in [2.75, 3.05) is 5.75 Å². The fourth-order valence-electron chi connectivity index (χ4n) is 0. The molecular weight excluding hydrogens is 309 g/mol. The third-order valence-electron chi connectivity index (χ3n) is 0.274. The van der Waals surface area contributed by atoms with Crippen molar-refractivity contribution in [1.29, 1.82) is 0 Å². The van der Waals surface area contributed by atoms with E-state index in [0.29, 0.717) is 5.75 Å². The molecule has 6 heavy (non-hydrogen) atoms. The van der Waals surface area contributed by atoms with Gasteiger partial charge in [-0.1, -0.05) is 6.92 Å². The summed E-state index contributed by atoms with van der Waals surface area (Å²) in [4.78, 5) is 0. The largest absolute Gasteiger partial charge is 0.674 e. The van der Waals surface area contributed by atoms with Crippen molar-refractivity contribution < 1.29 is 44.1 Å². The smallest absolute Gasteiger partial charge is 0 e. The molecule has 0 aliphatic heterocycles. The van der Waals surface area contributed by atoms with Crippen LogP contribution in [0.3, 0.4) is 0 Å². The maximum absolute atomic E-state index is 6.75. The van der Waals surface area contributed by atoms with Gasteiger partial charge in [-0.3, -0.25) is 0 Å². The molecule has 0 aliphatic carbocycles. The zero-order valence-corrected chi connectivity index (χ0v) is 9.45. The minimum atomic E-state index is -0.00154. The Kier molecular flexibility index (Phi) is 12.0. The first-order chi connectivity index (χ1) is 2.27. The Bertz CT molecular complexity index is 24.8. The van der Waals surface area contributed by atoms with E-state index in [1.807, 2.05) is 6.92 Å². The van der Waals surface area contributed by atoms with Gasteiger partial charge in [0, 0.05) is 44.1 Å². The van der Waals surface area contributed by atoms with Crippen molar-refractivity contribution in [1.82, 2.24) is 0 Å². The number of rotatable bonds is 1. The van der Waals surface area contributed by atoms with E-state index in [-0.39, 0.29) is 50.1 Å². The van der Waals surface area contributed by atoms with E-state index in [1.165, 1.54) is 0 Å². The average molecular weight is 317 g/mol. The van der Waals surface area contributed by atoms with Crippen LogP contribution in [0.2, 0.25) is 0 Å². The Balaban J connectivity index is 0. The molecule has 0 aliphatic rings. The minimum Gasteiger partial charge on any atom is -0.674 e. The molecule has 1 atom stereocenters. The summed E-state index contributed by atoms with van der Waals surface area (Å²) in [6.07, 6.45) is 0. The molecule has 0 saturated carbocycles. The normalized spacial score (nSPS) is 12.5. The molecule has 0 rings (SSSR count). The molecule has 1 unspecified atom stereocenters. The Hall–Kier alpha value is 1.75. The monoisotopic (exact) mass is 317 g/mol. The molecule has 35 valence electrons. The zero-order chi connectivity index (χ0) is 4.28. The van der Waals surface area contributed by atoms with Gasteiger partial charge in [-0.15, -0.1) is 6.04 Å². The molecule has 0 aromatic rings. The molecule has 0 heterocycles. The predicted molar refractivity (Wildman–Crippen MR) is 27.6 cm³/mol. The fraction of sp³-hybridized carbons (Fsp3) is 1.00. The van der Waals surface area contributed by atoms with E-state index in [0.717, 1.165) is 0 Å². The zero-order valence-electron chi connectivity index (χ0n) is 3.81. The second-order valence-electron chi connectivity index (χ2n) is 1.08. The van der Waals surface area contributed by atoms with Crippen LogP contribution in [0.4, 0.5) is 0 Å². The van der Waals surface area contributed by atoms with Gasteiger partial charge < -0.3 is 5.73 Å². The molecule has 1 nitrogen and oxygen atoms in total. The van der Waals surface area contributed by atoms with Crippen LogP contribution < -0.4 is 0 Å². The Morgan fingerprint density at radius 1 is 1.83 bits per heavy atom. The summed E-state index contributed by atoms with van der Waals surface area (Å²) >= 11 is 3.83. The fourth-order valence-corrected chi connectivity index (χ4v) is 0. The molecule has 0 saturated heterocycles. The quantitative estimate of drug-likeness (QED) is 0.706. The molecule has 0 amide bonds. The van der Waals surface area contributed by atoms with E-state index in [4.69, 9.17) is 5.73 Å². The van der Waals surface area contributed by atoms with Crippen LogP contribution in [0, 0.1) is 44.1 Å². The van der Waals surface area contributed by atoms with Gasteiger partial charge in [-0.25, -0.2) is 0 Å². The first-order valence-electron chi connectivity index (χ1n) is 1.59. The molecule has 0 aromatic carbocycles. The van der Waals surface area contributed by atoms with Gasteiger partial charge in [-0.05, 0) is 5.75 Å². The van der Waals surface area contributed by atoms with Crippen molar-refractivity contribution in [3.8, 4) is 0 Å². The standard InChI is InChI=1S/C3H8NS.Ac/c1-3(4)2-5;/h3-5H,2H2,1H3;/q-1;. The number of nitrogens with one attached hydrogen (secondary N) is 1. The molecule has 1 radical (unpaired) electrons. The first-order valence-corrected chi connectivity index (χ1v) is 2.22. The van der Waals surface area contributed by atoms with Crippen LogP contribution in [-0.4, -0.2) is 11.8 Å². The Morgan fingerprint density at radius 3 is 2.00 bits per heavy atom. The van der Waals surface area contributed by atoms with E-state index < -0.39 is 0 Å². The van der Waals surface area contributed by atoms with Crippen LogP contribution in [0.5, 0.6) is 0 Å². The van der Waals surface area contributed by atoms with Gasteiger partial charge in [0.2, 0.25) is 0 Å². The van der Waals surface area contributed by atoms with E-state index in [9.17, 15) is 0 Å². The van der Waals surface area contributed by atoms with E-state index >= 15 is 0 Å². The van der Waals surface area contributed by atoms with Crippen molar-refractivity contribution in [3.63, 3.8) is 0 Å². The number of hydrogen-bond acceptors (Lipinski definition) is 1. The van der Waals surface area contributed by atoms with Gasteiger partial charge in [0.15, 0.2) is 0 Å². The Morgan fingerprint density at radius 2 is 2.00 bits per heavy atom. The van der Waals surface area contributed by atoms with Crippen LogP contribution in [0.25, 0.3) is 5.73 Å². The molecule has 0 aromatic heterocycles. The van der Waals surface area contributed by atoms with E-state index in [2.05, 4.69) is 12.6 Å². The average Bonchev–Trinajstić information content (AvgIpc) is 1.38. The molecular formula is C3H8AcNS-. The summed E-state index contributed by atoms with van der Waals surface area (Å²) in [6, 6.07) is -0.00154. The Labute approximate surface area is 80.0 Å². The van der Waals surface area contributed by atoms with Gasteiger partial charge in [0.25, 0.3) is 0 Å². The van der Waals surface area contributed by atoms with Crippen molar-refractivity contribution in [2.24, 2.45) is 0 Å². The predicted octanol–water partition coefficient (Wildman–Crippen LogP) is 1.36. The van der Waals surface area contributed by atoms with Crippen molar-refractivity contribution >= 4 is 12.6 Å². The second-order valence-corrected chi connectivity index (χ2v) is 1.45. The summed E-state index contributed by atoms with van der Waals surface area (Å²) in [7, 11) is 0. The topological polar surface area (TPSA) is 23.8 Å². The minimum absolute atomic E-state index is 0. The SMILES string of the molecule is CC([NH-])CS.[Ac]. The maximum Gasteiger partial charge on any atom is 0 e. The summed E-state index contributed by atoms with van der Waals surface area (Å²) in [5, 5.41) is 0. The van der Waals surface area contributed by atoms with Gasteiger partial charge in [0.05, 0.1) is 0 Å². The summed E-state index contributed by atoms with van der Waals surface area (Å²) in [5.74, 6) is 0.667. The number of thiol groups is 1. The maximum atomic E-state index is 6.75. The third kappa shape index (κ3) is 9.23. The van der Waals surface area contributed by atoms with Crippen LogP contribution in [-0.2, 0) is 0 Å². The molecule has 1 N–H and O–H groups in total. The van der Waals surface area contributed by atoms with E-state index in [1.54, 1.807) is 0 Å². The molecule has 0 spiro atoms. The molecule has 0 bridgehead atoms. The van der Waals surface area contributed by atoms with Gasteiger partial charge in [0.1, 0.15) is 0 Å². The van der Waals surface area contributed by atoms with Crippen LogP contribution in [0.15, 0.2) is 0 Å². The first kappa shape index (κ1) is 10.7. The number of hydrogen-bond donors (Lipinski definition) is 1. The van der Waals surface area contributed by atoms with Gasteiger partial charge in [-0.2, -0.15) is 12.6 Å². The summed E-state index contributed by atoms with van der Waals surface area (Å²) in [5.41, 5.74) is 6.75. The molecule has 0 fully saturated rings. The third-order valence-corrected chi connectivity index (χ3v) is 0.822. The summed E-state index contributed by atoms with van der Waals surface area (Å²) in [6.45, 7) is 1.81. The summed E-state index contributed by atoms with van der Waals surface area (Å²) < 4.78 is 0. The van der Waals surface area contributed by atoms with Gasteiger partial charge >= 0.3 is 0 Å². The van der Waals surface area contributed by atoms with Crippen LogP contribution in [0.1, 0.15) is 6.92 Å².